The Hall–Kier alpha value is -0.830. The van der Waals surface area contributed by atoms with Crippen molar-refractivity contribution in [1.29, 1.82) is 0 Å². The molecule has 0 heterocycles. The van der Waals surface area contributed by atoms with Crippen LogP contribution < -0.4 is 4.74 Å². The van der Waals surface area contributed by atoms with E-state index in [2.05, 4.69) is 15.9 Å². The molecule has 3 heteroatoms. The van der Waals surface area contributed by atoms with Gasteiger partial charge in [-0.15, -0.1) is 0 Å². The number of unbranched alkanes of at least 4 members (excludes halogenated alkanes) is 2. The van der Waals surface area contributed by atoms with E-state index in [0.717, 1.165) is 23.1 Å². The van der Waals surface area contributed by atoms with Crippen molar-refractivity contribution in [2.75, 3.05) is 6.61 Å². The predicted molar refractivity (Wildman–Crippen MR) is 59.2 cm³/mol. The van der Waals surface area contributed by atoms with E-state index in [1.54, 1.807) is 0 Å². The van der Waals surface area contributed by atoms with Gasteiger partial charge in [0.1, 0.15) is 5.75 Å². The number of halogens is 1. The highest BCUT2D eigenvalue weighted by Gasteiger charge is 1.94. The molecule has 0 saturated heterocycles. The van der Waals surface area contributed by atoms with E-state index < -0.39 is 0 Å². The second-order valence-electron chi connectivity index (χ2n) is 2.91. The van der Waals surface area contributed by atoms with E-state index in [1.807, 2.05) is 30.6 Å². The zero-order valence-electron chi connectivity index (χ0n) is 7.83. The summed E-state index contributed by atoms with van der Waals surface area (Å²) in [6.45, 7) is 0.651. The molecule has 0 amide bonds. The van der Waals surface area contributed by atoms with Gasteiger partial charge >= 0.3 is 0 Å². The van der Waals surface area contributed by atoms with Crippen LogP contribution in [0.15, 0.2) is 28.7 Å². The molecule has 0 unspecified atom stereocenters. The highest BCUT2D eigenvalue weighted by molar-refractivity contribution is 9.10. The van der Waals surface area contributed by atoms with Gasteiger partial charge in [0.25, 0.3) is 0 Å². The van der Waals surface area contributed by atoms with Gasteiger partial charge in [-0.05, 0) is 31.0 Å². The number of rotatable bonds is 6. The summed E-state index contributed by atoms with van der Waals surface area (Å²) in [7, 11) is 0. The summed E-state index contributed by atoms with van der Waals surface area (Å²) < 4.78 is 6.48. The minimum atomic E-state index is 0.502. The first-order valence-electron chi connectivity index (χ1n) is 4.56. The molecular formula is C11H12BrO2. The Labute approximate surface area is 92.4 Å². The van der Waals surface area contributed by atoms with Gasteiger partial charge in [0.2, 0.25) is 0 Å². The van der Waals surface area contributed by atoms with E-state index in [9.17, 15) is 4.79 Å². The summed E-state index contributed by atoms with van der Waals surface area (Å²) in [5.41, 5.74) is 0. The Morgan fingerprint density at radius 1 is 1.36 bits per heavy atom. The Balaban J connectivity index is 2.21. The third kappa shape index (κ3) is 4.42. The van der Waals surface area contributed by atoms with Gasteiger partial charge in [0.05, 0.1) is 6.61 Å². The molecular weight excluding hydrogens is 244 g/mol. The summed E-state index contributed by atoms with van der Waals surface area (Å²) in [5, 5.41) is 0. The van der Waals surface area contributed by atoms with Crippen LogP contribution in [0.25, 0.3) is 0 Å². The molecule has 1 aromatic carbocycles. The zero-order valence-corrected chi connectivity index (χ0v) is 9.42. The molecule has 1 rings (SSSR count). The Morgan fingerprint density at radius 3 is 2.93 bits per heavy atom. The van der Waals surface area contributed by atoms with Crippen LogP contribution >= 0.6 is 15.9 Å². The van der Waals surface area contributed by atoms with Gasteiger partial charge in [-0.25, -0.2) is 0 Å². The lowest BCUT2D eigenvalue weighted by atomic mass is 10.2. The maximum absolute atomic E-state index is 9.91. The van der Waals surface area contributed by atoms with Crippen LogP contribution in [-0.4, -0.2) is 12.9 Å². The predicted octanol–water partition coefficient (Wildman–Crippen LogP) is 3.11. The molecule has 0 atom stereocenters. The van der Waals surface area contributed by atoms with Gasteiger partial charge < -0.3 is 4.74 Å². The fourth-order valence-electron chi connectivity index (χ4n) is 1.05. The zero-order chi connectivity index (χ0) is 10.2. The SMILES string of the molecule is O=[C]CCCCOc1cccc(Br)c1. The molecule has 0 aliphatic carbocycles. The maximum Gasteiger partial charge on any atom is 0.198 e. The largest absolute Gasteiger partial charge is 0.494 e. The standard InChI is InChI=1S/C11H12BrO2/c12-10-5-4-6-11(9-10)14-8-3-1-2-7-13/h4-6,9H,1-3,8H2. The van der Waals surface area contributed by atoms with Crippen molar-refractivity contribution in [3.05, 3.63) is 28.7 Å². The molecule has 0 aromatic heterocycles. The first-order valence-corrected chi connectivity index (χ1v) is 5.35. The summed E-state index contributed by atoms with van der Waals surface area (Å²) in [4.78, 5) is 9.91. The van der Waals surface area contributed by atoms with Crippen LogP contribution in [0.1, 0.15) is 19.3 Å². The van der Waals surface area contributed by atoms with Crippen LogP contribution in [0.2, 0.25) is 0 Å². The van der Waals surface area contributed by atoms with E-state index >= 15 is 0 Å². The van der Waals surface area contributed by atoms with E-state index in [4.69, 9.17) is 4.74 Å². The number of carbonyl (C=O) groups excluding carboxylic acids is 1. The molecule has 1 aromatic rings. The fraction of sp³-hybridized carbons (Fsp3) is 0.364. The Morgan fingerprint density at radius 2 is 2.21 bits per heavy atom. The van der Waals surface area contributed by atoms with Crippen molar-refractivity contribution in [2.45, 2.75) is 19.3 Å². The Bertz CT molecular complexity index is 286. The summed E-state index contributed by atoms with van der Waals surface area (Å²) in [5.74, 6) is 0.856. The number of hydrogen-bond donors (Lipinski definition) is 0. The van der Waals surface area contributed by atoms with E-state index in [1.165, 1.54) is 0 Å². The minimum absolute atomic E-state index is 0.502. The van der Waals surface area contributed by atoms with Gasteiger partial charge in [0.15, 0.2) is 6.29 Å². The molecule has 0 N–H and O–H groups in total. The lowest BCUT2D eigenvalue weighted by Crippen LogP contribution is -1.97. The lowest BCUT2D eigenvalue weighted by Gasteiger charge is -2.04. The van der Waals surface area contributed by atoms with Gasteiger partial charge in [-0.2, -0.15) is 0 Å². The molecule has 14 heavy (non-hydrogen) atoms. The number of benzene rings is 1. The van der Waals surface area contributed by atoms with Crippen LogP contribution in [0.5, 0.6) is 5.75 Å². The van der Waals surface area contributed by atoms with Crippen molar-refractivity contribution in [2.24, 2.45) is 0 Å². The molecule has 2 nitrogen and oxygen atoms in total. The average Bonchev–Trinajstić information content (AvgIpc) is 2.18. The second-order valence-corrected chi connectivity index (χ2v) is 3.82. The molecule has 0 spiro atoms. The fourth-order valence-corrected chi connectivity index (χ4v) is 1.42. The van der Waals surface area contributed by atoms with Crippen molar-refractivity contribution in [3.63, 3.8) is 0 Å². The molecule has 0 saturated carbocycles. The van der Waals surface area contributed by atoms with Crippen LogP contribution in [0.4, 0.5) is 0 Å². The molecule has 75 valence electrons. The highest BCUT2D eigenvalue weighted by atomic mass is 79.9. The summed E-state index contributed by atoms with van der Waals surface area (Å²) >= 11 is 3.36. The molecule has 0 aliphatic rings. The van der Waals surface area contributed by atoms with Gasteiger partial charge in [0, 0.05) is 10.9 Å². The third-order valence-corrected chi connectivity index (χ3v) is 2.23. The second kappa shape index (κ2) is 6.60. The quantitative estimate of drug-likeness (QED) is 0.731. The molecule has 0 fully saturated rings. The Kier molecular flexibility index (Phi) is 5.30. The van der Waals surface area contributed by atoms with Crippen LogP contribution in [0, 0.1) is 0 Å². The average molecular weight is 256 g/mol. The third-order valence-electron chi connectivity index (χ3n) is 1.74. The summed E-state index contributed by atoms with van der Waals surface area (Å²) in [6.07, 6.45) is 4.10. The summed E-state index contributed by atoms with van der Waals surface area (Å²) in [6, 6.07) is 7.72. The molecule has 1 radical (unpaired) electrons. The maximum atomic E-state index is 9.91. The number of ether oxygens (including phenoxy) is 1. The van der Waals surface area contributed by atoms with E-state index in [-0.39, 0.29) is 0 Å². The van der Waals surface area contributed by atoms with Crippen LogP contribution in [0.3, 0.4) is 0 Å². The van der Waals surface area contributed by atoms with E-state index in [0.29, 0.717) is 13.0 Å². The van der Waals surface area contributed by atoms with Gasteiger partial charge in [-0.1, -0.05) is 22.0 Å². The smallest absolute Gasteiger partial charge is 0.198 e. The monoisotopic (exact) mass is 255 g/mol. The lowest BCUT2D eigenvalue weighted by molar-refractivity contribution is 0.307. The molecule has 0 bridgehead atoms. The van der Waals surface area contributed by atoms with Crippen molar-refractivity contribution in [1.82, 2.24) is 0 Å². The topological polar surface area (TPSA) is 26.3 Å². The first kappa shape index (κ1) is 11.2. The first-order chi connectivity index (χ1) is 6.83. The van der Waals surface area contributed by atoms with Gasteiger partial charge in [-0.3, -0.25) is 4.79 Å². The highest BCUT2D eigenvalue weighted by Crippen LogP contribution is 2.17. The van der Waals surface area contributed by atoms with Crippen molar-refractivity contribution >= 4 is 22.2 Å². The van der Waals surface area contributed by atoms with Crippen molar-refractivity contribution in [3.8, 4) is 5.75 Å². The number of hydrogen-bond acceptors (Lipinski definition) is 2. The normalized spacial score (nSPS) is 9.79. The van der Waals surface area contributed by atoms with Crippen LogP contribution in [-0.2, 0) is 4.79 Å². The minimum Gasteiger partial charge on any atom is -0.494 e. The van der Waals surface area contributed by atoms with Crippen molar-refractivity contribution < 1.29 is 9.53 Å². The molecule has 0 aliphatic heterocycles.